The van der Waals surface area contributed by atoms with Gasteiger partial charge in [-0.25, -0.2) is 9.59 Å². The molecule has 0 bridgehead atoms. The lowest BCUT2D eigenvalue weighted by Gasteiger charge is -2.12. The molecule has 0 aliphatic rings. The van der Waals surface area contributed by atoms with E-state index in [-0.39, 0.29) is 52.5 Å². The second-order valence-electron chi connectivity index (χ2n) is 5.56. The lowest BCUT2D eigenvalue weighted by molar-refractivity contribution is -0.155. The molecule has 158 valence electrons. The number of aliphatic hydroxyl groups excluding tert-OH is 4. The zero-order valence-electron chi connectivity index (χ0n) is 15.4. The van der Waals surface area contributed by atoms with E-state index in [1.165, 1.54) is 0 Å². The van der Waals surface area contributed by atoms with Crippen molar-refractivity contribution in [3.8, 4) is 11.5 Å². The van der Waals surface area contributed by atoms with Crippen molar-refractivity contribution in [2.75, 3.05) is 39.6 Å². The van der Waals surface area contributed by atoms with E-state index in [1.807, 2.05) is 0 Å². The summed E-state index contributed by atoms with van der Waals surface area (Å²) >= 11 is 0. The third-order valence-corrected chi connectivity index (χ3v) is 3.36. The van der Waals surface area contributed by atoms with E-state index in [1.54, 1.807) is 24.3 Å². The van der Waals surface area contributed by atoms with Crippen molar-refractivity contribution in [3.63, 3.8) is 0 Å². The number of aliphatic hydroxyl groups is 4. The predicted molar refractivity (Wildman–Crippen MR) is 94.8 cm³/mol. The molecule has 0 saturated carbocycles. The van der Waals surface area contributed by atoms with Crippen LogP contribution in [0.1, 0.15) is 12.8 Å². The molecule has 4 N–H and O–H groups in total. The lowest BCUT2D eigenvalue weighted by atomic mass is 10.2. The van der Waals surface area contributed by atoms with Gasteiger partial charge in [0.25, 0.3) is 0 Å². The molecule has 0 saturated heterocycles. The number of carbonyl (C=O) groups is 2. The molecule has 0 aliphatic carbocycles. The van der Waals surface area contributed by atoms with E-state index < -0.39 is 24.1 Å². The number of hydrogen-bond acceptors (Lipinski definition) is 10. The summed E-state index contributed by atoms with van der Waals surface area (Å²) in [6.45, 7) is -0.792. The van der Waals surface area contributed by atoms with E-state index in [2.05, 4.69) is 9.47 Å². The minimum absolute atomic E-state index is 0.0345. The zero-order chi connectivity index (χ0) is 20.8. The van der Waals surface area contributed by atoms with Crippen LogP contribution < -0.4 is 9.47 Å². The molecule has 0 radical (unpaired) electrons. The number of esters is 2. The average molecular weight is 402 g/mol. The SMILES string of the molecule is O=C(OCCO)C(O)CCOc1ccc(OCCC(O)C(=O)OCCO)cc1. The molecule has 0 amide bonds. The largest absolute Gasteiger partial charge is 0.493 e. The Morgan fingerprint density at radius 2 is 1.07 bits per heavy atom. The molecule has 1 aromatic rings. The molecule has 1 aromatic carbocycles. The number of carbonyl (C=O) groups excluding carboxylic acids is 2. The molecular weight excluding hydrogens is 376 g/mol. The van der Waals surface area contributed by atoms with Crippen LogP contribution >= 0.6 is 0 Å². The average Bonchev–Trinajstić information content (AvgIpc) is 2.71. The first-order valence-corrected chi connectivity index (χ1v) is 8.74. The summed E-state index contributed by atoms with van der Waals surface area (Å²) in [7, 11) is 0. The fourth-order valence-electron chi connectivity index (χ4n) is 1.93. The Morgan fingerprint density at radius 3 is 1.39 bits per heavy atom. The highest BCUT2D eigenvalue weighted by atomic mass is 16.6. The van der Waals surface area contributed by atoms with Crippen LogP contribution in [0.4, 0.5) is 0 Å². The zero-order valence-corrected chi connectivity index (χ0v) is 15.4. The summed E-state index contributed by atoms with van der Waals surface area (Å²) in [5.74, 6) is -0.639. The molecule has 0 heterocycles. The van der Waals surface area contributed by atoms with Crippen LogP contribution in [0.25, 0.3) is 0 Å². The van der Waals surface area contributed by atoms with Crippen molar-refractivity contribution in [2.24, 2.45) is 0 Å². The smallest absolute Gasteiger partial charge is 0.335 e. The summed E-state index contributed by atoms with van der Waals surface area (Å²) in [6.07, 6.45) is -2.59. The number of benzene rings is 1. The highest BCUT2D eigenvalue weighted by Gasteiger charge is 2.17. The maximum atomic E-state index is 11.3. The van der Waals surface area contributed by atoms with Gasteiger partial charge in [0.1, 0.15) is 24.7 Å². The van der Waals surface area contributed by atoms with Crippen molar-refractivity contribution in [2.45, 2.75) is 25.0 Å². The molecule has 0 aromatic heterocycles. The lowest BCUT2D eigenvalue weighted by Crippen LogP contribution is -2.26. The Bertz CT molecular complexity index is 523. The van der Waals surface area contributed by atoms with Crippen molar-refractivity contribution in [3.05, 3.63) is 24.3 Å². The summed E-state index contributed by atoms with van der Waals surface area (Å²) < 4.78 is 20.0. The fourth-order valence-corrected chi connectivity index (χ4v) is 1.93. The van der Waals surface area contributed by atoms with E-state index in [0.29, 0.717) is 11.5 Å². The first-order valence-electron chi connectivity index (χ1n) is 8.74. The van der Waals surface area contributed by atoms with Crippen LogP contribution in [0.2, 0.25) is 0 Å². The van der Waals surface area contributed by atoms with Crippen LogP contribution in [0.3, 0.4) is 0 Å². The van der Waals surface area contributed by atoms with E-state index in [9.17, 15) is 19.8 Å². The predicted octanol–water partition coefficient (Wildman–Crippen LogP) is -0.983. The standard InChI is InChI=1S/C18H26O10/c19-7-11-27-17(23)15(21)5-9-25-13-1-2-14(4-3-13)26-10-6-16(22)18(24)28-12-8-20/h1-4,15-16,19-22H,5-12H2. The molecule has 28 heavy (non-hydrogen) atoms. The van der Waals surface area contributed by atoms with Gasteiger partial charge < -0.3 is 39.4 Å². The molecule has 0 spiro atoms. The molecule has 1 rings (SSSR count). The number of hydrogen-bond donors (Lipinski definition) is 4. The minimum Gasteiger partial charge on any atom is -0.493 e. The third kappa shape index (κ3) is 9.51. The summed E-state index contributed by atoms with van der Waals surface area (Å²) in [6, 6.07) is 6.49. The van der Waals surface area contributed by atoms with Crippen molar-refractivity contribution in [1.29, 1.82) is 0 Å². The molecule has 0 aliphatic heterocycles. The molecule has 2 unspecified atom stereocenters. The van der Waals surface area contributed by atoms with Crippen LogP contribution in [-0.4, -0.2) is 84.2 Å². The van der Waals surface area contributed by atoms with Crippen LogP contribution in [0, 0.1) is 0 Å². The van der Waals surface area contributed by atoms with Crippen molar-refractivity contribution < 1.29 is 49.0 Å². The fraction of sp³-hybridized carbons (Fsp3) is 0.556. The summed E-state index contributed by atoms with van der Waals surface area (Å²) in [4.78, 5) is 22.6. The van der Waals surface area contributed by atoms with Gasteiger partial charge in [-0.05, 0) is 24.3 Å². The van der Waals surface area contributed by atoms with Gasteiger partial charge in [-0.1, -0.05) is 0 Å². The number of ether oxygens (including phenoxy) is 4. The Hall–Kier alpha value is -2.40. The highest BCUT2D eigenvalue weighted by molar-refractivity contribution is 5.74. The van der Waals surface area contributed by atoms with Crippen molar-refractivity contribution >= 4 is 11.9 Å². The van der Waals surface area contributed by atoms with Gasteiger partial charge in [-0.2, -0.15) is 0 Å². The molecule has 2 atom stereocenters. The monoisotopic (exact) mass is 402 g/mol. The first-order chi connectivity index (χ1) is 13.5. The Morgan fingerprint density at radius 1 is 0.714 bits per heavy atom. The third-order valence-electron chi connectivity index (χ3n) is 3.36. The van der Waals surface area contributed by atoms with Crippen LogP contribution in [0.15, 0.2) is 24.3 Å². The quantitative estimate of drug-likeness (QED) is 0.286. The van der Waals surface area contributed by atoms with Gasteiger partial charge in [0.2, 0.25) is 0 Å². The van der Waals surface area contributed by atoms with E-state index in [4.69, 9.17) is 19.7 Å². The van der Waals surface area contributed by atoms with E-state index >= 15 is 0 Å². The van der Waals surface area contributed by atoms with Gasteiger partial charge >= 0.3 is 11.9 Å². The number of rotatable bonds is 14. The van der Waals surface area contributed by atoms with Gasteiger partial charge in [0.15, 0.2) is 12.2 Å². The Balaban J connectivity index is 2.26. The molecule has 10 heteroatoms. The summed E-state index contributed by atoms with van der Waals surface area (Å²) in [5, 5.41) is 36.2. The van der Waals surface area contributed by atoms with E-state index in [0.717, 1.165) is 0 Å². The Labute approximate surface area is 162 Å². The van der Waals surface area contributed by atoms with Crippen LogP contribution in [-0.2, 0) is 19.1 Å². The normalized spacial score (nSPS) is 12.7. The maximum absolute atomic E-state index is 11.3. The highest BCUT2D eigenvalue weighted by Crippen LogP contribution is 2.18. The first kappa shape index (κ1) is 23.6. The van der Waals surface area contributed by atoms with Gasteiger partial charge in [-0.3, -0.25) is 0 Å². The van der Waals surface area contributed by atoms with Crippen LogP contribution in [0.5, 0.6) is 11.5 Å². The second kappa shape index (κ2) is 13.7. The minimum atomic E-state index is -1.33. The van der Waals surface area contributed by atoms with Gasteiger partial charge in [-0.15, -0.1) is 0 Å². The Kier molecular flexibility index (Phi) is 11.6. The van der Waals surface area contributed by atoms with Gasteiger partial charge in [0, 0.05) is 12.8 Å². The van der Waals surface area contributed by atoms with Crippen molar-refractivity contribution in [1.82, 2.24) is 0 Å². The topological polar surface area (TPSA) is 152 Å². The molecular formula is C18H26O10. The second-order valence-corrected chi connectivity index (χ2v) is 5.56. The molecule has 10 nitrogen and oxygen atoms in total. The maximum Gasteiger partial charge on any atom is 0.335 e. The van der Waals surface area contributed by atoms with Gasteiger partial charge in [0.05, 0.1) is 26.4 Å². The summed E-state index contributed by atoms with van der Waals surface area (Å²) in [5.41, 5.74) is 0. The molecule has 0 fully saturated rings.